The molecule has 0 atom stereocenters. The van der Waals surface area contributed by atoms with E-state index in [1.807, 2.05) is 12.1 Å². The number of likely N-dealkylation sites (N-methyl/N-ethyl adjacent to an activating group) is 1. The third-order valence-electron chi connectivity index (χ3n) is 3.48. The summed E-state index contributed by atoms with van der Waals surface area (Å²) in [6.07, 6.45) is 1.26. The summed E-state index contributed by atoms with van der Waals surface area (Å²) in [6, 6.07) is 8.17. The van der Waals surface area contributed by atoms with Gasteiger partial charge in [0.1, 0.15) is 0 Å². The number of nitrogens with zero attached hydrogens (tertiary/aromatic N) is 2. The lowest BCUT2D eigenvalue weighted by molar-refractivity contribution is 0.257. The van der Waals surface area contributed by atoms with E-state index in [4.69, 9.17) is 11.6 Å². The zero-order chi connectivity index (χ0) is 12.1. The second-order valence-electron chi connectivity index (χ2n) is 4.66. The second kappa shape index (κ2) is 6.39. The summed E-state index contributed by atoms with van der Waals surface area (Å²) in [5.41, 5.74) is 1.25. The molecule has 2 rings (SSSR count). The highest BCUT2D eigenvalue weighted by molar-refractivity contribution is 6.31. The maximum absolute atomic E-state index is 6.20. The standard InChI is InChI=1S/C14H21ClN2/c1-2-16-8-5-9-17(11-10-16)12-13-6-3-4-7-14(13)15/h3-4,6-7H,2,5,8-12H2,1H3. The molecule has 0 saturated carbocycles. The van der Waals surface area contributed by atoms with E-state index in [0.717, 1.165) is 18.1 Å². The molecule has 0 aromatic heterocycles. The van der Waals surface area contributed by atoms with Crippen LogP contribution in [0.15, 0.2) is 24.3 Å². The van der Waals surface area contributed by atoms with E-state index < -0.39 is 0 Å². The van der Waals surface area contributed by atoms with Gasteiger partial charge in [0.25, 0.3) is 0 Å². The highest BCUT2D eigenvalue weighted by atomic mass is 35.5. The highest BCUT2D eigenvalue weighted by Crippen LogP contribution is 2.17. The quantitative estimate of drug-likeness (QED) is 0.816. The van der Waals surface area contributed by atoms with Crippen molar-refractivity contribution < 1.29 is 0 Å². The Morgan fingerprint density at radius 2 is 1.76 bits per heavy atom. The summed E-state index contributed by atoms with van der Waals surface area (Å²) < 4.78 is 0. The van der Waals surface area contributed by atoms with Crippen LogP contribution >= 0.6 is 11.6 Å². The Labute approximate surface area is 109 Å². The Morgan fingerprint density at radius 3 is 2.53 bits per heavy atom. The molecule has 0 bridgehead atoms. The maximum Gasteiger partial charge on any atom is 0.0451 e. The number of benzene rings is 1. The second-order valence-corrected chi connectivity index (χ2v) is 5.06. The normalized spacial score (nSPS) is 19.2. The van der Waals surface area contributed by atoms with Gasteiger partial charge in [0.05, 0.1) is 0 Å². The summed E-state index contributed by atoms with van der Waals surface area (Å²) in [7, 11) is 0. The molecule has 1 fully saturated rings. The van der Waals surface area contributed by atoms with E-state index in [1.165, 1.54) is 38.2 Å². The average molecular weight is 253 g/mol. The first-order valence-corrected chi connectivity index (χ1v) is 6.85. The van der Waals surface area contributed by atoms with Crippen molar-refractivity contribution in [3.63, 3.8) is 0 Å². The minimum absolute atomic E-state index is 0.893. The van der Waals surface area contributed by atoms with E-state index in [9.17, 15) is 0 Å². The van der Waals surface area contributed by atoms with Gasteiger partial charge in [-0.3, -0.25) is 4.90 Å². The monoisotopic (exact) mass is 252 g/mol. The first-order valence-electron chi connectivity index (χ1n) is 6.47. The van der Waals surface area contributed by atoms with Gasteiger partial charge in [-0.25, -0.2) is 0 Å². The number of hydrogen-bond donors (Lipinski definition) is 0. The van der Waals surface area contributed by atoms with Crippen molar-refractivity contribution in [1.29, 1.82) is 0 Å². The number of hydrogen-bond acceptors (Lipinski definition) is 2. The van der Waals surface area contributed by atoms with Crippen LogP contribution in [0.1, 0.15) is 18.9 Å². The number of halogens is 1. The molecule has 1 aliphatic heterocycles. The van der Waals surface area contributed by atoms with Crippen LogP contribution in [-0.4, -0.2) is 42.5 Å². The Morgan fingerprint density at radius 1 is 1.06 bits per heavy atom. The van der Waals surface area contributed by atoms with Crippen molar-refractivity contribution in [3.8, 4) is 0 Å². The minimum Gasteiger partial charge on any atom is -0.302 e. The van der Waals surface area contributed by atoms with Crippen LogP contribution in [0, 0.1) is 0 Å². The van der Waals surface area contributed by atoms with Crippen molar-refractivity contribution in [2.75, 3.05) is 32.7 Å². The molecule has 3 heteroatoms. The predicted octanol–water partition coefficient (Wildman–Crippen LogP) is 2.87. The molecular formula is C14H21ClN2. The molecule has 1 aliphatic rings. The largest absolute Gasteiger partial charge is 0.302 e. The number of rotatable bonds is 3. The summed E-state index contributed by atoms with van der Waals surface area (Å²) in [4.78, 5) is 5.03. The van der Waals surface area contributed by atoms with Crippen LogP contribution < -0.4 is 0 Å². The molecule has 0 unspecified atom stereocenters. The minimum atomic E-state index is 0.893. The fourth-order valence-corrected chi connectivity index (χ4v) is 2.56. The maximum atomic E-state index is 6.20. The molecule has 1 aromatic rings. The van der Waals surface area contributed by atoms with E-state index in [2.05, 4.69) is 28.9 Å². The van der Waals surface area contributed by atoms with Gasteiger partial charge in [-0.2, -0.15) is 0 Å². The van der Waals surface area contributed by atoms with Crippen molar-refractivity contribution in [2.24, 2.45) is 0 Å². The topological polar surface area (TPSA) is 6.48 Å². The van der Waals surface area contributed by atoms with Crippen molar-refractivity contribution in [1.82, 2.24) is 9.80 Å². The van der Waals surface area contributed by atoms with Gasteiger partial charge in [-0.05, 0) is 37.7 Å². The third kappa shape index (κ3) is 3.70. The van der Waals surface area contributed by atoms with E-state index in [0.29, 0.717) is 0 Å². The van der Waals surface area contributed by atoms with Gasteiger partial charge in [0.2, 0.25) is 0 Å². The van der Waals surface area contributed by atoms with Crippen LogP contribution in [0.5, 0.6) is 0 Å². The van der Waals surface area contributed by atoms with Gasteiger partial charge < -0.3 is 4.90 Å². The summed E-state index contributed by atoms with van der Waals surface area (Å²) in [5.74, 6) is 0. The molecule has 94 valence electrons. The van der Waals surface area contributed by atoms with E-state index in [-0.39, 0.29) is 0 Å². The Hall–Kier alpha value is -0.570. The van der Waals surface area contributed by atoms with Crippen molar-refractivity contribution in [3.05, 3.63) is 34.9 Å². The molecule has 1 aromatic carbocycles. The molecule has 0 N–H and O–H groups in total. The van der Waals surface area contributed by atoms with Gasteiger partial charge >= 0.3 is 0 Å². The summed E-state index contributed by atoms with van der Waals surface area (Å²) >= 11 is 6.20. The smallest absolute Gasteiger partial charge is 0.0451 e. The molecule has 0 spiro atoms. The van der Waals surface area contributed by atoms with Gasteiger partial charge in [-0.1, -0.05) is 36.7 Å². The molecule has 2 nitrogen and oxygen atoms in total. The third-order valence-corrected chi connectivity index (χ3v) is 3.85. The lowest BCUT2D eigenvalue weighted by Gasteiger charge is -2.21. The molecule has 17 heavy (non-hydrogen) atoms. The molecule has 0 amide bonds. The SMILES string of the molecule is CCN1CCCN(Cc2ccccc2Cl)CC1. The Balaban J connectivity index is 1.93. The summed E-state index contributed by atoms with van der Waals surface area (Å²) in [6.45, 7) is 9.14. The predicted molar refractivity (Wildman–Crippen MR) is 73.5 cm³/mol. The molecule has 1 heterocycles. The van der Waals surface area contributed by atoms with Crippen LogP contribution in [0.2, 0.25) is 5.02 Å². The lowest BCUT2D eigenvalue weighted by atomic mass is 10.2. The van der Waals surface area contributed by atoms with Crippen LogP contribution in [0.3, 0.4) is 0 Å². The van der Waals surface area contributed by atoms with Crippen molar-refractivity contribution in [2.45, 2.75) is 19.9 Å². The van der Waals surface area contributed by atoms with E-state index in [1.54, 1.807) is 0 Å². The lowest BCUT2D eigenvalue weighted by Crippen LogP contribution is -2.30. The fourth-order valence-electron chi connectivity index (χ4n) is 2.37. The zero-order valence-corrected chi connectivity index (χ0v) is 11.3. The Kier molecular flexibility index (Phi) is 4.84. The zero-order valence-electron chi connectivity index (χ0n) is 10.5. The fraction of sp³-hybridized carbons (Fsp3) is 0.571. The van der Waals surface area contributed by atoms with Crippen LogP contribution in [-0.2, 0) is 6.54 Å². The first kappa shape index (κ1) is 12.9. The molecule has 1 saturated heterocycles. The van der Waals surface area contributed by atoms with Crippen LogP contribution in [0.25, 0.3) is 0 Å². The van der Waals surface area contributed by atoms with E-state index >= 15 is 0 Å². The van der Waals surface area contributed by atoms with Crippen molar-refractivity contribution >= 4 is 11.6 Å². The Bertz CT molecular complexity index is 354. The van der Waals surface area contributed by atoms with Gasteiger partial charge in [-0.15, -0.1) is 0 Å². The first-order chi connectivity index (χ1) is 8.29. The van der Waals surface area contributed by atoms with Gasteiger partial charge in [0.15, 0.2) is 0 Å². The average Bonchev–Trinajstić information content (AvgIpc) is 2.57. The molecule has 0 radical (unpaired) electrons. The highest BCUT2D eigenvalue weighted by Gasteiger charge is 2.14. The van der Waals surface area contributed by atoms with Crippen LogP contribution in [0.4, 0.5) is 0 Å². The summed E-state index contributed by atoms with van der Waals surface area (Å²) in [5, 5.41) is 0.893. The van der Waals surface area contributed by atoms with Gasteiger partial charge in [0, 0.05) is 24.7 Å². The molecule has 0 aliphatic carbocycles. The molecular weight excluding hydrogens is 232 g/mol.